The lowest BCUT2D eigenvalue weighted by Gasteiger charge is -2.18. The predicted octanol–water partition coefficient (Wildman–Crippen LogP) is 3.73. The van der Waals surface area contributed by atoms with Gasteiger partial charge in [0.25, 0.3) is 0 Å². The van der Waals surface area contributed by atoms with E-state index in [-0.39, 0.29) is 5.82 Å². The fourth-order valence-electron chi connectivity index (χ4n) is 1.53. The molecule has 0 saturated heterocycles. The van der Waals surface area contributed by atoms with Crippen molar-refractivity contribution in [1.82, 2.24) is 4.98 Å². The Labute approximate surface area is 105 Å². The van der Waals surface area contributed by atoms with Gasteiger partial charge in [0.2, 0.25) is 0 Å². The molecule has 0 radical (unpaired) electrons. The van der Waals surface area contributed by atoms with Gasteiger partial charge in [-0.25, -0.2) is 9.37 Å². The Bertz CT molecular complexity index is 499. The molecule has 0 aliphatic carbocycles. The van der Waals surface area contributed by atoms with Crippen molar-refractivity contribution < 1.29 is 4.39 Å². The van der Waals surface area contributed by atoms with Crippen LogP contribution in [0.1, 0.15) is 5.69 Å². The minimum absolute atomic E-state index is 0.246. The first kappa shape index (κ1) is 11.9. The highest BCUT2D eigenvalue weighted by Gasteiger charge is 2.05. The summed E-state index contributed by atoms with van der Waals surface area (Å²) >= 11 is 5.74. The fraction of sp³-hybridized carbons (Fsp3) is 0.154. The van der Waals surface area contributed by atoms with E-state index >= 15 is 0 Å². The van der Waals surface area contributed by atoms with Crippen LogP contribution in [0.3, 0.4) is 0 Å². The van der Waals surface area contributed by atoms with Crippen LogP contribution in [0, 0.1) is 5.82 Å². The molecule has 1 aromatic carbocycles. The molecule has 1 heterocycles. The van der Waals surface area contributed by atoms with E-state index in [4.69, 9.17) is 11.6 Å². The van der Waals surface area contributed by atoms with Crippen LogP contribution in [-0.4, -0.2) is 12.0 Å². The van der Waals surface area contributed by atoms with Crippen molar-refractivity contribution in [3.63, 3.8) is 0 Å². The van der Waals surface area contributed by atoms with E-state index in [0.717, 1.165) is 17.2 Å². The molecule has 4 heteroatoms. The lowest BCUT2D eigenvalue weighted by atomic mass is 10.3. The monoisotopic (exact) mass is 250 g/mol. The van der Waals surface area contributed by atoms with Crippen LogP contribution < -0.4 is 4.90 Å². The lowest BCUT2D eigenvalue weighted by Crippen LogP contribution is -2.11. The Kier molecular flexibility index (Phi) is 3.59. The van der Waals surface area contributed by atoms with Gasteiger partial charge >= 0.3 is 0 Å². The van der Waals surface area contributed by atoms with Crippen LogP contribution in [0.4, 0.5) is 15.9 Å². The number of aromatic nitrogens is 1. The van der Waals surface area contributed by atoms with E-state index < -0.39 is 0 Å². The highest BCUT2D eigenvalue weighted by molar-refractivity contribution is 6.16. The topological polar surface area (TPSA) is 16.1 Å². The van der Waals surface area contributed by atoms with Crippen LogP contribution in [0.2, 0.25) is 0 Å². The van der Waals surface area contributed by atoms with Crippen LogP contribution in [0.15, 0.2) is 42.5 Å². The Balaban J connectivity index is 2.29. The molecule has 0 saturated carbocycles. The largest absolute Gasteiger partial charge is 0.329 e. The molecular formula is C13H12ClFN2. The van der Waals surface area contributed by atoms with Gasteiger partial charge in [-0.2, -0.15) is 0 Å². The van der Waals surface area contributed by atoms with Gasteiger partial charge in [0.1, 0.15) is 11.6 Å². The summed E-state index contributed by atoms with van der Waals surface area (Å²) in [5.41, 5.74) is 1.70. The molecule has 17 heavy (non-hydrogen) atoms. The van der Waals surface area contributed by atoms with E-state index in [0.29, 0.717) is 5.88 Å². The van der Waals surface area contributed by atoms with Gasteiger partial charge < -0.3 is 4.90 Å². The number of hydrogen-bond donors (Lipinski definition) is 0. The second-order valence-corrected chi connectivity index (χ2v) is 3.92. The Morgan fingerprint density at radius 3 is 2.53 bits per heavy atom. The molecule has 2 rings (SSSR count). The summed E-state index contributed by atoms with van der Waals surface area (Å²) in [5.74, 6) is 0.921. The average Bonchev–Trinajstić information content (AvgIpc) is 2.39. The summed E-state index contributed by atoms with van der Waals surface area (Å²) in [7, 11) is 1.88. The number of rotatable bonds is 3. The number of hydrogen-bond acceptors (Lipinski definition) is 2. The molecular weight excluding hydrogens is 239 g/mol. The smallest absolute Gasteiger partial charge is 0.133 e. The molecule has 2 nitrogen and oxygen atoms in total. The Hall–Kier alpha value is -1.61. The summed E-state index contributed by atoms with van der Waals surface area (Å²) in [6.07, 6.45) is 0. The van der Waals surface area contributed by atoms with Crippen molar-refractivity contribution in [2.75, 3.05) is 11.9 Å². The van der Waals surface area contributed by atoms with Gasteiger partial charge in [-0.3, -0.25) is 0 Å². The summed E-state index contributed by atoms with van der Waals surface area (Å²) < 4.78 is 12.8. The summed E-state index contributed by atoms with van der Waals surface area (Å²) in [4.78, 5) is 6.27. The minimum atomic E-state index is -0.246. The van der Waals surface area contributed by atoms with Crippen LogP contribution >= 0.6 is 11.6 Å². The number of alkyl halides is 1. The maximum Gasteiger partial charge on any atom is 0.133 e. The van der Waals surface area contributed by atoms with Crippen LogP contribution in [-0.2, 0) is 5.88 Å². The molecule has 0 aliphatic rings. The van der Waals surface area contributed by atoms with E-state index in [9.17, 15) is 4.39 Å². The first-order valence-electron chi connectivity index (χ1n) is 5.22. The third-order valence-electron chi connectivity index (χ3n) is 2.49. The van der Waals surface area contributed by atoms with Crippen molar-refractivity contribution >= 4 is 23.1 Å². The zero-order valence-electron chi connectivity index (χ0n) is 9.40. The van der Waals surface area contributed by atoms with Crippen molar-refractivity contribution in [3.8, 4) is 0 Å². The zero-order chi connectivity index (χ0) is 12.3. The standard InChI is InChI=1S/C13H12ClFN2/c1-17(12-7-5-10(15)6-8-12)13-4-2-3-11(9-14)16-13/h2-8H,9H2,1H3. The predicted molar refractivity (Wildman–Crippen MR) is 68.3 cm³/mol. The maximum absolute atomic E-state index is 12.8. The van der Waals surface area contributed by atoms with Crippen LogP contribution in [0.25, 0.3) is 0 Å². The van der Waals surface area contributed by atoms with Crippen LogP contribution in [0.5, 0.6) is 0 Å². The highest BCUT2D eigenvalue weighted by Crippen LogP contribution is 2.22. The third kappa shape index (κ3) is 2.74. The summed E-state index contributed by atoms with van der Waals surface area (Å²) in [6.45, 7) is 0. The molecule has 88 valence electrons. The second kappa shape index (κ2) is 5.15. The molecule has 0 N–H and O–H groups in total. The highest BCUT2D eigenvalue weighted by atomic mass is 35.5. The summed E-state index contributed by atoms with van der Waals surface area (Å²) in [6, 6.07) is 11.9. The Morgan fingerprint density at radius 1 is 1.18 bits per heavy atom. The maximum atomic E-state index is 12.8. The minimum Gasteiger partial charge on any atom is -0.329 e. The average molecular weight is 251 g/mol. The molecule has 2 aromatic rings. The van der Waals surface area contributed by atoms with Gasteiger partial charge in [-0.05, 0) is 36.4 Å². The number of anilines is 2. The quantitative estimate of drug-likeness (QED) is 0.772. The van der Waals surface area contributed by atoms with E-state index in [1.165, 1.54) is 12.1 Å². The SMILES string of the molecule is CN(c1ccc(F)cc1)c1cccc(CCl)n1. The molecule has 1 aromatic heterocycles. The van der Waals surface area contributed by atoms with E-state index in [2.05, 4.69) is 4.98 Å². The number of halogens is 2. The molecule has 0 bridgehead atoms. The first-order valence-corrected chi connectivity index (χ1v) is 5.75. The lowest BCUT2D eigenvalue weighted by molar-refractivity contribution is 0.628. The van der Waals surface area contributed by atoms with Gasteiger partial charge in [0.15, 0.2) is 0 Å². The van der Waals surface area contributed by atoms with Crippen molar-refractivity contribution in [1.29, 1.82) is 0 Å². The Morgan fingerprint density at radius 2 is 1.88 bits per heavy atom. The molecule has 0 unspecified atom stereocenters. The van der Waals surface area contributed by atoms with Gasteiger partial charge in [0.05, 0.1) is 11.6 Å². The molecule has 0 atom stereocenters. The summed E-state index contributed by atoms with van der Waals surface area (Å²) in [5, 5.41) is 0. The molecule has 0 spiro atoms. The fourth-order valence-corrected chi connectivity index (χ4v) is 1.67. The van der Waals surface area contributed by atoms with Gasteiger partial charge in [-0.1, -0.05) is 6.07 Å². The van der Waals surface area contributed by atoms with Gasteiger partial charge in [-0.15, -0.1) is 11.6 Å². The second-order valence-electron chi connectivity index (χ2n) is 3.66. The van der Waals surface area contributed by atoms with E-state index in [1.54, 1.807) is 12.1 Å². The number of benzene rings is 1. The molecule has 0 aliphatic heterocycles. The number of pyridine rings is 1. The third-order valence-corrected chi connectivity index (χ3v) is 2.76. The first-order chi connectivity index (χ1) is 8.20. The normalized spacial score (nSPS) is 10.3. The molecule has 0 amide bonds. The van der Waals surface area contributed by atoms with Crippen molar-refractivity contribution in [3.05, 3.63) is 54.0 Å². The van der Waals surface area contributed by atoms with Gasteiger partial charge in [0, 0.05) is 12.7 Å². The van der Waals surface area contributed by atoms with Crippen molar-refractivity contribution in [2.45, 2.75) is 5.88 Å². The van der Waals surface area contributed by atoms with Crippen molar-refractivity contribution in [2.24, 2.45) is 0 Å². The molecule has 0 fully saturated rings. The number of nitrogens with zero attached hydrogens (tertiary/aromatic N) is 2. The zero-order valence-corrected chi connectivity index (χ0v) is 10.2. The van der Waals surface area contributed by atoms with E-state index in [1.807, 2.05) is 30.1 Å².